The van der Waals surface area contributed by atoms with Gasteiger partial charge in [-0.1, -0.05) is 11.2 Å². The fourth-order valence-electron chi connectivity index (χ4n) is 2.12. The largest absolute Gasteiger partial charge is 0.254 e. The molecule has 1 aromatic carbocycles. The molecule has 4 nitrogen and oxygen atoms in total. The van der Waals surface area contributed by atoms with Crippen molar-refractivity contribution in [3.8, 4) is 0 Å². The molecule has 0 N–H and O–H groups in total. The third kappa shape index (κ3) is 3.08. The molecule has 1 aliphatic rings. The van der Waals surface area contributed by atoms with Crippen LogP contribution in [0.25, 0.3) is 10.4 Å². The Morgan fingerprint density at radius 3 is 3.00 bits per heavy atom. The first-order chi connectivity index (χ1) is 8.31. The summed E-state index contributed by atoms with van der Waals surface area (Å²) in [7, 11) is -0.963. The zero-order chi connectivity index (χ0) is 12.1. The van der Waals surface area contributed by atoms with Gasteiger partial charge >= 0.3 is 0 Å². The minimum Gasteiger partial charge on any atom is -0.254 e. The predicted octanol–water partition coefficient (Wildman–Crippen LogP) is 2.98. The van der Waals surface area contributed by atoms with Crippen molar-refractivity contribution >= 4 is 10.8 Å². The zero-order valence-corrected chi connectivity index (χ0v) is 10.4. The van der Waals surface area contributed by atoms with E-state index in [1.807, 2.05) is 6.07 Å². The smallest absolute Gasteiger partial charge is 0.0529 e. The van der Waals surface area contributed by atoms with Crippen molar-refractivity contribution in [2.75, 3.05) is 12.3 Å². The lowest BCUT2D eigenvalue weighted by molar-refractivity contribution is 0.680. The number of fused-ring (bicyclic) bond motifs is 1. The fraction of sp³-hybridized carbons (Fsp3) is 0.500. The van der Waals surface area contributed by atoms with Crippen molar-refractivity contribution < 1.29 is 4.21 Å². The highest BCUT2D eigenvalue weighted by Crippen LogP contribution is 2.24. The quantitative estimate of drug-likeness (QED) is 0.342. The third-order valence-corrected chi connectivity index (χ3v) is 4.42. The average Bonchev–Trinajstić information content (AvgIpc) is 2.81. The van der Waals surface area contributed by atoms with E-state index in [0.717, 1.165) is 17.7 Å². The average molecular weight is 249 g/mol. The molecule has 1 aromatic rings. The molecular formula is C12H15N3OS. The lowest BCUT2D eigenvalue weighted by atomic mass is 10.1. The first-order valence-corrected chi connectivity index (χ1v) is 7.14. The van der Waals surface area contributed by atoms with Gasteiger partial charge in [0, 0.05) is 22.1 Å². The van der Waals surface area contributed by atoms with Crippen LogP contribution in [0.2, 0.25) is 0 Å². The molecule has 90 valence electrons. The predicted molar refractivity (Wildman–Crippen MR) is 68.4 cm³/mol. The Bertz CT molecular complexity index is 481. The summed E-state index contributed by atoms with van der Waals surface area (Å²) in [5.74, 6) is 0.567. The normalized spacial score (nSPS) is 15.1. The zero-order valence-electron chi connectivity index (χ0n) is 9.63. The number of rotatable bonds is 5. The van der Waals surface area contributed by atoms with E-state index in [2.05, 4.69) is 22.2 Å². The molecule has 1 aliphatic carbocycles. The number of azide groups is 1. The summed E-state index contributed by atoms with van der Waals surface area (Å²) in [6, 6.07) is 6.14. The van der Waals surface area contributed by atoms with Crippen LogP contribution in [0.3, 0.4) is 0 Å². The Labute approximate surface area is 103 Å². The Morgan fingerprint density at radius 2 is 2.18 bits per heavy atom. The molecule has 0 amide bonds. The molecule has 0 spiro atoms. The fourth-order valence-corrected chi connectivity index (χ4v) is 3.24. The van der Waals surface area contributed by atoms with Crippen LogP contribution in [0.15, 0.2) is 28.2 Å². The van der Waals surface area contributed by atoms with E-state index in [9.17, 15) is 4.21 Å². The highest BCUT2D eigenvalue weighted by atomic mass is 32.2. The van der Waals surface area contributed by atoms with E-state index in [1.165, 1.54) is 17.5 Å². The van der Waals surface area contributed by atoms with Gasteiger partial charge in [-0.05, 0) is 54.5 Å². The summed E-state index contributed by atoms with van der Waals surface area (Å²) in [6.07, 6.45) is 4.15. The topological polar surface area (TPSA) is 65.8 Å². The number of benzene rings is 1. The SMILES string of the molecule is [N-]=[N+]=NCCCS(=O)c1ccc2c(c1)CCC2. The second-order valence-corrected chi connectivity index (χ2v) is 5.71. The van der Waals surface area contributed by atoms with Crippen molar-refractivity contribution in [3.05, 3.63) is 39.8 Å². The molecule has 1 atom stereocenters. The lowest BCUT2D eigenvalue weighted by Gasteiger charge is -2.04. The van der Waals surface area contributed by atoms with E-state index in [1.54, 1.807) is 0 Å². The minimum atomic E-state index is -0.963. The summed E-state index contributed by atoms with van der Waals surface area (Å²) in [5, 5.41) is 3.44. The van der Waals surface area contributed by atoms with Crippen LogP contribution >= 0.6 is 0 Å². The van der Waals surface area contributed by atoms with E-state index in [4.69, 9.17) is 5.53 Å². The van der Waals surface area contributed by atoms with Gasteiger partial charge < -0.3 is 0 Å². The van der Waals surface area contributed by atoms with Gasteiger partial charge in [0.25, 0.3) is 0 Å². The Morgan fingerprint density at radius 1 is 1.35 bits per heavy atom. The van der Waals surface area contributed by atoms with E-state index in [-0.39, 0.29) is 0 Å². The van der Waals surface area contributed by atoms with E-state index < -0.39 is 10.8 Å². The molecule has 0 saturated heterocycles. The van der Waals surface area contributed by atoms with Crippen LogP contribution in [0, 0.1) is 0 Å². The molecule has 2 rings (SSSR count). The van der Waals surface area contributed by atoms with Crippen molar-refractivity contribution in [1.82, 2.24) is 0 Å². The molecule has 1 unspecified atom stereocenters. The van der Waals surface area contributed by atoms with Crippen molar-refractivity contribution in [3.63, 3.8) is 0 Å². The summed E-state index contributed by atoms with van der Waals surface area (Å²) in [6.45, 7) is 0.424. The molecule has 5 heteroatoms. The first kappa shape index (κ1) is 12.1. The van der Waals surface area contributed by atoms with Crippen LogP contribution in [-0.2, 0) is 23.6 Å². The summed E-state index contributed by atoms with van der Waals surface area (Å²) in [4.78, 5) is 3.59. The molecule has 17 heavy (non-hydrogen) atoms. The molecule has 0 aliphatic heterocycles. The van der Waals surface area contributed by atoms with Crippen LogP contribution < -0.4 is 0 Å². The lowest BCUT2D eigenvalue weighted by Crippen LogP contribution is -2.00. The van der Waals surface area contributed by atoms with Gasteiger partial charge in [-0.25, -0.2) is 0 Å². The van der Waals surface area contributed by atoms with Crippen LogP contribution in [-0.4, -0.2) is 16.5 Å². The first-order valence-electron chi connectivity index (χ1n) is 5.82. The highest BCUT2D eigenvalue weighted by Gasteiger charge is 2.12. The Kier molecular flexibility index (Phi) is 4.18. The van der Waals surface area contributed by atoms with Gasteiger partial charge in [0.15, 0.2) is 0 Å². The molecule has 0 radical (unpaired) electrons. The molecule has 0 saturated carbocycles. The Hall–Kier alpha value is -1.32. The van der Waals surface area contributed by atoms with Crippen molar-refractivity contribution in [2.45, 2.75) is 30.6 Å². The summed E-state index contributed by atoms with van der Waals surface area (Å²) in [5.41, 5.74) is 10.9. The standard InChI is InChI=1S/C12H15N3OS/c13-15-14-7-2-8-17(16)12-6-5-10-3-1-4-11(10)9-12/h5-6,9H,1-4,7-8H2. The van der Waals surface area contributed by atoms with Crippen LogP contribution in [0.1, 0.15) is 24.0 Å². The third-order valence-electron chi connectivity index (χ3n) is 2.98. The number of hydrogen-bond acceptors (Lipinski definition) is 2. The van der Waals surface area contributed by atoms with Crippen molar-refractivity contribution in [2.24, 2.45) is 5.11 Å². The second-order valence-electron chi connectivity index (χ2n) is 4.14. The minimum absolute atomic E-state index is 0.424. The number of nitrogens with zero attached hydrogens (tertiary/aromatic N) is 3. The number of hydrogen-bond donors (Lipinski definition) is 0. The molecule has 0 heterocycles. The summed E-state index contributed by atoms with van der Waals surface area (Å²) < 4.78 is 12.0. The second kappa shape index (κ2) is 5.84. The van der Waals surface area contributed by atoms with Crippen LogP contribution in [0.4, 0.5) is 0 Å². The maximum atomic E-state index is 12.0. The van der Waals surface area contributed by atoms with Gasteiger partial charge in [0.1, 0.15) is 0 Å². The molecular weight excluding hydrogens is 234 g/mol. The Balaban J connectivity index is 1.97. The molecule has 0 bridgehead atoms. The van der Waals surface area contributed by atoms with E-state index >= 15 is 0 Å². The van der Waals surface area contributed by atoms with Gasteiger partial charge in [-0.15, -0.1) is 0 Å². The van der Waals surface area contributed by atoms with Crippen LogP contribution in [0.5, 0.6) is 0 Å². The maximum Gasteiger partial charge on any atom is 0.0529 e. The monoisotopic (exact) mass is 249 g/mol. The van der Waals surface area contributed by atoms with Gasteiger partial charge in [0.05, 0.1) is 10.8 Å². The highest BCUT2D eigenvalue weighted by molar-refractivity contribution is 7.85. The van der Waals surface area contributed by atoms with Crippen molar-refractivity contribution in [1.29, 1.82) is 0 Å². The van der Waals surface area contributed by atoms with Gasteiger partial charge in [-0.2, -0.15) is 0 Å². The molecule has 0 fully saturated rings. The summed E-state index contributed by atoms with van der Waals surface area (Å²) >= 11 is 0. The van der Waals surface area contributed by atoms with E-state index in [0.29, 0.717) is 18.7 Å². The maximum absolute atomic E-state index is 12.0. The molecule has 0 aromatic heterocycles. The van der Waals surface area contributed by atoms with Gasteiger partial charge in [0.2, 0.25) is 0 Å². The van der Waals surface area contributed by atoms with Gasteiger partial charge in [-0.3, -0.25) is 4.21 Å². The number of aryl methyl sites for hydroxylation is 2.